The van der Waals surface area contributed by atoms with Crippen LogP contribution >= 0.6 is 11.3 Å². The second kappa shape index (κ2) is 4.27. The maximum absolute atomic E-state index is 10.8. The summed E-state index contributed by atoms with van der Waals surface area (Å²) in [6.45, 7) is 0. The van der Waals surface area contributed by atoms with E-state index in [1.165, 1.54) is 10.1 Å². The Balaban J connectivity index is 2.16. The van der Waals surface area contributed by atoms with Crippen LogP contribution in [-0.4, -0.2) is 11.4 Å². The van der Waals surface area contributed by atoms with E-state index < -0.39 is 0 Å². The van der Waals surface area contributed by atoms with Gasteiger partial charge in [0.15, 0.2) is 6.29 Å². The van der Waals surface area contributed by atoms with Gasteiger partial charge >= 0.3 is 0 Å². The molecule has 1 aromatic heterocycles. The van der Waals surface area contributed by atoms with Crippen LogP contribution in [0.4, 0.5) is 0 Å². The second-order valence-corrected chi connectivity index (χ2v) is 5.12. The fourth-order valence-electron chi connectivity index (χ4n) is 1.93. The van der Waals surface area contributed by atoms with E-state index in [4.69, 9.17) is 0 Å². The molecule has 2 nitrogen and oxygen atoms in total. The lowest BCUT2D eigenvalue weighted by molar-refractivity contribution is 0.112. The number of fused-ring (bicyclic) bond motifs is 1. The van der Waals surface area contributed by atoms with Crippen LogP contribution in [-0.2, 0) is 0 Å². The first-order valence-corrected chi connectivity index (χ1v) is 6.37. The minimum atomic E-state index is 0.0230. The monoisotopic (exact) mass is 254 g/mol. The highest BCUT2D eigenvalue weighted by Gasteiger charge is 2.07. The van der Waals surface area contributed by atoms with E-state index in [1.807, 2.05) is 18.2 Å². The van der Waals surface area contributed by atoms with Gasteiger partial charge in [-0.3, -0.25) is 4.79 Å². The van der Waals surface area contributed by atoms with E-state index in [-0.39, 0.29) is 5.75 Å². The predicted octanol–water partition coefficient (Wildman–Crippen LogP) is 4.09. The minimum Gasteiger partial charge on any atom is -0.507 e. The van der Waals surface area contributed by atoms with E-state index in [9.17, 15) is 9.90 Å². The fraction of sp³-hybridized carbons (Fsp3) is 0. The third kappa shape index (κ3) is 1.79. The number of benzene rings is 2. The van der Waals surface area contributed by atoms with Crippen molar-refractivity contribution in [2.45, 2.75) is 0 Å². The molecule has 1 N–H and O–H groups in total. The number of hydrogen-bond donors (Lipinski definition) is 1. The zero-order valence-corrected chi connectivity index (χ0v) is 10.3. The van der Waals surface area contributed by atoms with Gasteiger partial charge in [0.25, 0.3) is 0 Å². The van der Waals surface area contributed by atoms with E-state index in [0.29, 0.717) is 11.8 Å². The van der Waals surface area contributed by atoms with Crippen LogP contribution in [0.25, 0.3) is 20.5 Å². The highest BCUT2D eigenvalue weighted by molar-refractivity contribution is 7.22. The standard InChI is InChI=1S/C15H10O2S/c16-9-12-7-11(5-6-13(12)17)15-8-10-3-1-2-4-14(10)18-15/h1-9,17H. The van der Waals surface area contributed by atoms with Gasteiger partial charge in [-0.05, 0) is 41.3 Å². The van der Waals surface area contributed by atoms with Crippen LogP contribution in [0.3, 0.4) is 0 Å². The molecule has 3 rings (SSSR count). The molecule has 0 radical (unpaired) electrons. The van der Waals surface area contributed by atoms with E-state index in [2.05, 4.69) is 18.2 Å². The number of thiophene rings is 1. The van der Waals surface area contributed by atoms with Crippen molar-refractivity contribution in [2.75, 3.05) is 0 Å². The van der Waals surface area contributed by atoms with E-state index in [1.54, 1.807) is 23.5 Å². The lowest BCUT2D eigenvalue weighted by atomic mass is 10.1. The molecule has 3 heteroatoms. The number of phenols is 1. The predicted molar refractivity (Wildman–Crippen MR) is 74.3 cm³/mol. The van der Waals surface area contributed by atoms with Crippen molar-refractivity contribution >= 4 is 27.7 Å². The van der Waals surface area contributed by atoms with Crippen molar-refractivity contribution in [3.8, 4) is 16.2 Å². The second-order valence-electron chi connectivity index (χ2n) is 4.04. The molecule has 0 saturated carbocycles. The average molecular weight is 254 g/mol. The quantitative estimate of drug-likeness (QED) is 0.699. The maximum atomic E-state index is 10.8. The molecule has 0 saturated heterocycles. The normalized spacial score (nSPS) is 10.7. The van der Waals surface area contributed by atoms with Crippen LogP contribution in [0.5, 0.6) is 5.75 Å². The summed E-state index contributed by atoms with van der Waals surface area (Å²) in [5, 5.41) is 10.7. The van der Waals surface area contributed by atoms with Crippen molar-refractivity contribution in [3.63, 3.8) is 0 Å². The van der Waals surface area contributed by atoms with Crippen LogP contribution in [0.1, 0.15) is 10.4 Å². The number of phenolic OH excluding ortho intramolecular Hbond substituents is 1. The van der Waals surface area contributed by atoms with Crippen molar-refractivity contribution in [2.24, 2.45) is 0 Å². The maximum Gasteiger partial charge on any atom is 0.153 e. The SMILES string of the molecule is O=Cc1cc(-c2cc3ccccc3s2)ccc1O. The topological polar surface area (TPSA) is 37.3 Å². The van der Waals surface area contributed by atoms with Gasteiger partial charge < -0.3 is 5.11 Å². The zero-order valence-electron chi connectivity index (χ0n) is 9.46. The molecule has 2 aromatic carbocycles. The summed E-state index contributed by atoms with van der Waals surface area (Å²) in [6, 6.07) is 15.4. The van der Waals surface area contributed by atoms with Crippen molar-refractivity contribution in [1.82, 2.24) is 0 Å². The Morgan fingerprint density at radius 3 is 2.67 bits per heavy atom. The first-order valence-electron chi connectivity index (χ1n) is 5.55. The molecular formula is C15H10O2S. The van der Waals surface area contributed by atoms with Gasteiger partial charge in [0.1, 0.15) is 5.75 Å². The fourth-order valence-corrected chi connectivity index (χ4v) is 2.99. The van der Waals surface area contributed by atoms with Crippen LogP contribution in [0, 0.1) is 0 Å². The summed E-state index contributed by atoms with van der Waals surface area (Å²) in [4.78, 5) is 11.9. The Kier molecular flexibility index (Phi) is 2.61. The minimum absolute atomic E-state index is 0.0230. The molecule has 0 fully saturated rings. The molecule has 0 aliphatic rings. The summed E-state index contributed by atoms with van der Waals surface area (Å²) >= 11 is 1.68. The Bertz CT molecular complexity index is 695. The summed E-state index contributed by atoms with van der Waals surface area (Å²) in [7, 11) is 0. The number of carbonyl (C=O) groups is 1. The number of aldehydes is 1. The first-order chi connectivity index (χ1) is 8.78. The van der Waals surface area contributed by atoms with Gasteiger partial charge in [0, 0.05) is 9.58 Å². The Hall–Kier alpha value is -2.13. The molecule has 0 atom stereocenters. The van der Waals surface area contributed by atoms with Crippen molar-refractivity contribution in [3.05, 3.63) is 54.1 Å². The first kappa shape index (κ1) is 11.0. The summed E-state index contributed by atoms with van der Waals surface area (Å²) in [6.07, 6.45) is 0.673. The van der Waals surface area contributed by atoms with Gasteiger partial charge in [-0.15, -0.1) is 11.3 Å². The molecule has 0 aliphatic heterocycles. The molecule has 0 spiro atoms. The molecule has 0 unspecified atom stereocenters. The third-order valence-corrected chi connectivity index (χ3v) is 4.03. The molecule has 1 heterocycles. The van der Waals surface area contributed by atoms with E-state index in [0.717, 1.165) is 10.4 Å². The van der Waals surface area contributed by atoms with Gasteiger partial charge in [-0.2, -0.15) is 0 Å². The number of rotatable bonds is 2. The molecule has 0 amide bonds. The number of hydrogen-bond acceptors (Lipinski definition) is 3. The van der Waals surface area contributed by atoms with Gasteiger partial charge in [0.05, 0.1) is 5.56 Å². The molecule has 88 valence electrons. The summed E-state index contributed by atoms with van der Waals surface area (Å²) < 4.78 is 1.22. The summed E-state index contributed by atoms with van der Waals surface area (Å²) in [5.74, 6) is 0.0230. The van der Waals surface area contributed by atoms with Gasteiger partial charge in [-0.1, -0.05) is 18.2 Å². The van der Waals surface area contributed by atoms with Gasteiger partial charge in [0.2, 0.25) is 0 Å². The van der Waals surface area contributed by atoms with Crippen molar-refractivity contribution in [1.29, 1.82) is 0 Å². The van der Waals surface area contributed by atoms with Crippen LogP contribution in [0.2, 0.25) is 0 Å². The Labute approximate surface area is 108 Å². The van der Waals surface area contributed by atoms with E-state index >= 15 is 0 Å². The lowest BCUT2D eigenvalue weighted by Crippen LogP contribution is -1.82. The van der Waals surface area contributed by atoms with Crippen LogP contribution in [0.15, 0.2) is 48.5 Å². The molecule has 18 heavy (non-hydrogen) atoms. The molecule has 0 aliphatic carbocycles. The summed E-state index contributed by atoms with van der Waals surface area (Å²) in [5.41, 5.74) is 1.28. The Morgan fingerprint density at radius 1 is 1.06 bits per heavy atom. The highest BCUT2D eigenvalue weighted by Crippen LogP contribution is 2.34. The highest BCUT2D eigenvalue weighted by atomic mass is 32.1. The number of aromatic hydroxyl groups is 1. The average Bonchev–Trinajstić information content (AvgIpc) is 2.83. The molecule has 0 bridgehead atoms. The van der Waals surface area contributed by atoms with Gasteiger partial charge in [-0.25, -0.2) is 0 Å². The van der Waals surface area contributed by atoms with Crippen molar-refractivity contribution < 1.29 is 9.90 Å². The number of carbonyl (C=O) groups excluding carboxylic acids is 1. The third-order valence-electron chi connectivity index (χ3n) is 2.86. The largest absolute Gasteiger partial charge is 0.507 e. The molecular weight excluding hydrogens is 244 g/mol. The molecule has 3 aromatic rings. The lowest BCUT2D eigenvalue weighted by Gasteiger charge is -2.00. The van der Waals surface area contributed by atoms with Crippen LogP contribution < -0.4 is 0 Å². The zero-order chi connectivity index (χ0) is 12.5. The Morgan fingerprint density at radius 2 is 1.89 bits per heavy atom. The smallest absolute Gasteiger partial charge is 0.153 e.